The van der Waals surface area contributed by atoms with E-state index >= 15 is 0 Å². The van der Waals surface area contributed by atoms with Gasteiger partial charge in [0.1, 0.15) is 6.04 Å². The molecule has 3 amide bonds. The molecule has 0 saturated carbocycles. The number of carbonyl (C=O) groups is 4. The largest absolute Gasteiger partial charge is 0.356 e. The maximum Gasteiger partial charge on any atom is 0.356 e. The summed E-state index contributed by atoms with van der Waals surface area (Å²) >= 11 is 1.29. The Morgan fingerprint density at radius 3 is 2.38 bits per heavy atom. The van der Waals surface area contributed by atoms with Gasteiger partial charge in [0.15, 0.2) is 0 Å². The summed E-state index contributed by atoms with van der Waals surface area (Å²) in [6.45, 7) is 0. The number of fused-ring (bicyclic) bond motifs is 1. The van der Waals surface area contributed by atoms with Gasteiger partial charge in [-0.1, -0.05) is 17.2 Å². The standard InChI is InChI=1S/C13H10N2O5S/c16-10-6-21-5-9(14-10)13(19)20-15-11(17)7-3-1-2-4-8(7)12(15)18/h1-4,9H,5-6H2,(H,14,16)/t9-/m0/s1. The third-order valence-electron chi connectivity index (χ3n) is 3.08. The molecule has 0 aromatic heterocycles. The quantitative estimate of drug-likeness (QED) is 0.772. The van der Waals surface area contributed by atoms with E-state index < -0.39 is 23.8 Å². The average molecular weight is 306 g/mol. The van der Waals surface area contributed by atoms with Gasteiger partial charge in [0, 0.05) is 5.75 Å². The summed E-state index contributed by atoms with van der Waals surface area (Å²) in [6, 6.07) is 5.35. The summed E-state index contributed by atoms with van der Waals surface area (Å²) in [5.74, 6) is -1.86. The highest BCUT2D eigenvalue weighted by atomic mass is 32.2. The van der Waals surface area contributed by atoms with Crippen molar-refractivity contribution < 1.29 is 24.0 Å². The van der Waals surface area contributed by atoms with Gasteiger partial charge in [-0.2, -0.15) is 0 Å². The fraction of sp³-hybridized carbons (Fsp3) is 0.231. The first-order valence-electron chi connectivity index (χ1n) is 6.14. The Bertz CT molecular complexity index is 625. The normalized spacial score (nSPS) is 21.0. The lowest BCUT2D eigenvalue weighted by Crippen LogP contribution is -2.50. The molecule has 1 aromatic carbocycles. The van der Waals surface area contributed by atoms with Gasteiger partial charge in [-0.25, -0.2) is 4.79 Å². The summed E-state index contributed by atoms with van der Waals surface area (Å²) in [6.07, 6.45) is 0. The molecule has 108 valence electrons. The number of nitrogens with zero attached hydrogens (tertiary/aromatic N) is 1. The van der Waals surface area contributed by atoms with Gasteiger partial charge in [0.2, 0.25) is 5.91 Å². The molecule has 7 nitrogen and oxygen atoms in total. The summed E-state index contributed by atoms with van der Waals surface area (Å²) in [5, 5.41) is 2.90. The monoisotopic (exact) mass is 306 g/mol. The molecule has 1 fully saturated rings. The van der Waals surface area contributed by atoms with Gasteiger partial charge in [-0.3, -0.25) is 14.4 Å². The maximum atomic E-state index is 12.0. The zero-order valence-electron chi connectivity index (χ0n) is 10.7. The second-order valence-corrected chi connectivity index (χ2v) is 5.53. The predicted octanol–water partition coefficient (Wildman–Crippen LogP) is -0.0276. The Balaban J connectivity index is 1.74. The lowest BCUT2D eigenvalue weighted by Gasteiger charge is -2.22. The fourth-order valence-corrected chi connectivity index (χ4v) is 2.92. The van der Waals surface area contributed by atoms with Gasteiger partial charge in [-0.15, -0.1) is 11.8 Å². The van der Waals surface area contributed by atoms with Crippen LogP contribution in [0.3, 0.4) is 0 Å². The zero-order chi connectivity index (χ0) is 15.0. The molecule has 2 aliphatic heterocycles. The van der Waals surface area contributed by atoms with Crippen molar-refractivity contribution in [3.63, 3.8) is 0 Å². The molecule has 1 saturated heterocycles. The molecule has 0 spiro atoms. The van der Waals surface area contributed by atoms with Crippen molar-refractivity contribution in [2.45, 2.75) is 6.04 Å². The van der Waals surface area contributed by atoms with Crippen molar-refractivity contribution >= 4 is 35.5 Å². The van der Waals surface area contributed by atoms with Crippen LogP contribution >= 0.6 is 11.8 Å². The molecule has 1 N–H and O–H groups in total. The van der Waals surface area contributed by atoms with Crippen molar-refractivity contribution in [3.05, 3.63) is 35.4 Å². The topological polar surface area (TPSA) is 92.8 Å². The molecule has 3 rings (SSSR count). The zero-order valence-corrected chi connectivity index (χ0v) is 11.5. The summed E-state index contributed by atoms with van der Waals surface area (Å²) in [7, 11) is 0. The third-order valence-corrected chi connectivity index (χ3v) is 4.11. The van der Waals surface area contributed by atoms with Crippen molar-refractivity contribution in [2.75, 3.05) is 11.5 Å². The van der Waals surface area contributed by atoms with E-state index in [-0.39, 0.29) is 22.8 Å². The molecule has 1 aromatic rings. The SMILES string of the molecule is O=C1CSC[C@@H](C(=O)ON2C(=O)c3ccccc3C2=O)N1. The molecule has 8 heteroatoms. The second-order valence-electron chi connectivity index (χ2n) is 4.50. The number of hydroxylamine groups is 2. The highest BCUT2D eigenvalue weighted by Gasteiger charge is 2.40. The second kappa shape index (κ2) is 5.21. The Labute approximate surface area is 123 Å². The van der Waals surface area contributed by atoms with Gasteiger partial charge in [0.05, 0.1) is 16.9 Å². The average Bonchev–Trinajstić information content (AvgIpc) is 2.73. The van der Waals surface area contributed by atoms with Crippen molar-refractivity contribution in [3.8, 4) is 0 Å². The summed E-state index contributed by atoms with van der Waals surface area (Å²) in [5.41, 5.74) is 0.384. The summed E-state index contributed by atoms with van der Waals surface area (Å²) in [4.78, 5) is 52.1. The van der Waals surface area contributed by atoms with Crippen LogP contribution in [0.15, 0.2) is 24.3 Å². The van der Waals surface area contributed by atoms with Crippen LogP contribution < -0.4 is 5.32 Å². The highest BCUT2D eigenvalue weighted by Crippen LogP contribution is 2.23. The number of nitrogens with one attached hydrogen (secondary N) is 1. The number of amides is 3. The highest BCUT2D eigenvalue weighted by molar-refractivity contribution is 8.00. The number of thioether (sulfide) groups is 1. The Morgan fingerprint density at radius 2 is 1.81 bits per heavy atom. The number of carbonyl (C=O) groups excluding carboxylic acids is 4. The maximum absolute atomic E-state index is 12.0. The third kappa shape index (κ3) is 2.38. The van der Waals surface area contributed by atoms with Crippen molar-refractivity contribution in [1.82, 2.24) is 10.4 Å². The van der Waals surface area contributed by atoms with Crippen LogP contribution in [-0.2, 0) is 14.4 Å². The molecule has 2 aliphatic rings. The molecule has 0 unspecified atom stereocenters. The first kappa shape index (κ1) is 13.6. The minimum absolute atomic E-state index is 0.192. The van der Waals surface area contributed by atoms with Crippen LogP contribution in [0.5, 0.6) is 0 Å². The van der Waals surface area contributed by atoms with Crippen LogP contribution in [0.1, 0.15) is 20.7 Å². The lowest BCUT2D eigenvalue weighted by atomic mass is 10.1. The van der Waals surface area contributed by atoms with Crippen LogP contribution in [0.4, 0.5) is 0 Å². The van der Waals surface area contributed by atoms with E-state index in [1.54, 1.807) is 12.1 Å². The number of hydrogen-bond acceptors (Lipinski definition) is 6. The van der Waals surface area contributed by atoms with E-state index in [4.69, 9.17) is 4.84 Å². The van der Waals surface area contributed by atoms with Gasteiger partial charge in [0.25, 0.3) is 11.8 Å². The van der Waals surface area contributed by atoms with E-state index in [0.29, 0.717) is 10.8 Å². The van der Waals surface area contributed by atoms with Crippen LogP contribution in [-0.4, -0.2) is 46.3 Å². The van der Waals surface area contributed by atoms with Crippen LogP contribution in [0.2, 0.25) is 0 Å². The van der Waals surface area contributed by atoms with E-state index in [1.807, 2.05) is 0 Å². The molecule has 0 aliphatic carbocycles. The van der Waals surface area contributed by atoms with Gasteiger partial charge >= 0.3 is 5.97 Å². The molecule has 0 radical (unpaired) electrons. The fourth-order valence-electron chi connectivity index (χ4n) is 2.08. The number of benzene rings is 1. The van der Waals surface area contributed by atoms with Gasteiger partial charge in [-0.05, 0) is 12.1 Å². The first-order chi connectivity index (χ1) is 10.1. The lowest BCUT2D eigenvalue weighted by molar-refractivity contribution is -0.171. The minimum Gasteiger partial charge on any atom is -0.341 e. The molecule has 1 atom stereocenters. The van der Waals surface area contributed by atoms with Gasteiger partial charge < -0.3 is 10.2 Å². The van der Waals surface area contributed by atoms with E-state index in [2.05, 4.69) is 5.32 Å². The smallest absolute Gasteiger partial charge is 0.341 e. The van der Waals surface area contributed by atoms with Crippen molar-refractivity contribution in [1.29, 1.82) is 0 Å². The van der Waals surface area contributed by atoms with Crippen LogP contribution in [0, 0.1) is 0 Å². The number of hydrogen-bond donors (Lipinski definition) is 1. The minimum atomic E-state index is -0.861. The number of rotatable bonds is 2. The molecule has 21 heavy (non-hydrogen) atoms. The van der Waals surface area contributed by atoms with E-state index in [0.717, 1.165) is 0 Å². The molecular formula is C13H10N2O5S. The molecule has 2 heterocycles. The summed E-state index contributed by atoms with van der Waals surface area (Å²) < 4.78 is 0. The van der Waals surface area contributed by atoms with Crippen molar-refractivity contribution in [2.24, 2.45) is 0 Å². The molecule has 0 bridgehead atoms. The van der Waals surface area contributed by atoms with Crippen LogP contribution in [0.25, 0.3) is 0 Å². The Hall–Kier alpha value is -2.35. The Morgan fingerprint density at radius 1 is 1.19 bits per heavy atom. The predicted molar refractivity (Wildman–Crippen MR) is 72.3 cm³/mol. The molecular weight excluding hydrogens is 296 g/mol. The first-order valence-corrected chi connectivity index (χ1v) is 7.30. The Kier molecular flexibility index (Phi) is 3.38. The van der Waals surface area contributed by atoms with E-state index in [1.165, 1.54) is 23.9 Å². The number of imide groups is 1. The van der Waals surface area contributed by atoms with E-state index in [9.17, 15) is 19.2 Å².